The van der Waals surface area contributed by atoms with Crippen LogP contribution in [0, 0.1) is 0 Å². The van der Waals surface area contributed by atoms with Gasteiger partial charge in [-0.25, -0.2) is 9.78 Å². The van der Waals surface area contributed by atoms with Gasteiger partial charge >= 0.3 is 0 Å². The van der Waals surface area contributed by atoms with E-state index < -0.39 is 11.2 Å². The normalized spacial score (nSPS) is 16.2. The van der Waals surface area contributed by atoms with Crippen molar-refractivity contribution in [1.29, 1.82) is 0 Å². The molecule has 0 saturated carbocycles. The fourth-order valence-electron chi connectivity index (χ4n) is 2.55. The molecule has 1 aromatic carbocycles. The van der Waals surface area contributed by atoms with Crippen LogP contribution >= 0.6 is 0 Å². The number of carbonyl (C=O) groups excluding carboxylic acids is 2. The molecular formula is C20H27NO4. The maximum absolute atomic E-state index is 12.1. The SMILES string of the molecule is CC1=C(C)C(=O)N(CCC(C)(C)OOC(C)(C)c2ccccc2)C1=O. The second-order valence-corrected chi connectivity index (χ2v) is 7.56. The van der Waals surface area contributed by atoms with Crippen LogP contribution in [0.25, 0.3) is 0 Å². The third-order valence-corrected chi connectivity index (χ3v) is 4.58. The maximum atomic E-state index is 12.1. The summed E-state index contributed by atoms with van der Waals surface area (Å²) in [6.45, 7) is 11.3. The highest BCUT2D eigenvalue weighted by Crippen LogP contribution is 2.29. The fraction of sp³-hybridized carbons (Fsp3) is 0.500. The minimum Gasteiger partial charge on any atom is -0.275 e. The first-order chi connectivity index (χ1) is 11.6. The topological polar surface area (TPSA) is 55.8 Å². The Balaban J connectivity index is 1.92. The van der Waals surface area contributed by atoms with Crippen LogP contribution in [0.15, 0.2) is 41.5 Å². The molecule has 1 aliphatic rings. The molecule has 0 bridgehead atoms. The number of nitrogens with zero attached hydrogens (tertiary/aromatic N) is 1. The van der Waals surface area contributed by atoms with E-state index in [0.29, 0.717) is 24.1 Å². The summed E-state index contributed by atoms with van der Waals surface area (Å²) in [7, 11) is 0. The van der Waals surface area contributed by atoms with Crippen molar-refractivity contribution >= 4 is 11.8 Å². The smallest absolute Gasteiger partial charge is 0.256 e. The molecule has 1 aliphatic heterocycles. The quantitative estimate of drug-likeness (QED) is 0.429. The zero-order valence-corrected chi connectivity index (χ0v) is 15.9. The van der Waals surface area contributed by atoms with E-state index in [0.717, 1.165) is 5.56 Å². The summed E-state index contributed by atoms with van der Waals surface area (Å²) in [5.74, 6) is -0.437. The van der Waals surface area contributed by atoms with Crippen LogP contribution in [-0.2, 0) is 25.0 Å². The minimum atomic E-state index is -0.642. The van der Waals surface area contributed by atoms with Crippen LogP contribution in [-0.4, -0.2) is 28.9 Å². The number of carbonyl (C=O) groups is 2. The summed E-state index contributed by atoms with van der Waals surface area (Å²) < 4.78 is 0. The Labute approximate surface area is 149 Å². The standard InChI is InChI=1S/C20H27NO4/c1-14-15(2)18(23)21(17(14)22)13-12-19(3,4)24-25-20(5,6)16-10-8-7-9-11-16/h7-11H,12-13H2,1-6H3. The van der Waals surface area contributed by atoms with Gasteiger partial charge in [-0.2, -0.15) is 0 Å². The summed E-state index contributed by atoms with van der Waals surface area (Å²) in [5, 5.41) is 0. The van der Waals surface area contributed by atoms with Crippen molar-refractivity contribution in [2.45, 2.75) is 59.2 Å². The lowest BCUT2D eigenvalue weighted by atomic mass is 9.99. The van der Waals surface area contributed by atoms with Gasteiger partial charge in [0.1, 0.15) is 5.60 Å². The molecule has 136 valence electrons. The van der Waals surface area contributed by atoms with Crippen LogP contribution < -0.4 is 0 Å². The van der Waals surface area contributed by atoms with E-state index in [1.165, 1.54) is 4.90 Å². The van der Waals surface area contributed by atoms with Gasteiger partial charge in [0.25, 0.3) is 11.8 Å². The number of hydrogen-bond acceptors (Lipinski definition) is 4. The van der Waals surface area contributed by atoms with Crippen LogP contribution in [0.4, 0.5) is 0 Å². The summed E-state index contributed by atoms with van der Waals surface area (Å²) in [6.07, 6.45) is 0.482. The summed E-state index contributed by atoms with van der Waals surface area (Å²) in [6, 6.07) is 9.82. The van der Waals surface area contributed by atoms with Crippen molar-refractivity contribution in [2.75, 3.05) is 6.54 Å². The molecule has 5 nitrogen and oxygen atoms in total. The second kappa shape index (κ2) is 7.10. The first kappa shape index (κ1) is 19.3. The van der Waals surface area contributed by atoms with Crippen LogP contribution in [0.1, 0.15) is 53.5 Å². The molecule has 5 heteroatoms. The van der Waals surface area contributed by atoms with E-state index in [1.807, 2.05) is 58.0 Å². The molecule has 0 fully saturated rings. The summed E-state index contributed by atoms with van der Waals surface area (Å²) in [5.41, 5.74) is 0.797. The summed E-state index contributed by atoms with van der Waals surface area (Å²) in [4.78, 5) is 36.9. The van der Waals surface area contributed by atoms with Gasteiger partial charge in [0.15, 0.2) is 0 Å². The molecule has 25 heavy (non-hydrogen) atoms. The van der Waals surface area contributed by atoms with Crippen LogP contribution in [0.3, 0.4) is 0 Å². The molecule has 0 spiro atoms. The summed E-state index contributed by atoms with van der Waals surface area (Å²) >= 11 is 0. The third-order valence-electron chi connectivity index (χ3n) is 4.58. The highest BCUT2D eigenvalue weighted by molar-refractivity contribution is 6.18. The Bertz CT molecular complexity index is 665. The van der Waals surface area contributed by atoms with Gasteiger partial charge in [-0.05, 0) is 53.5 Å². The van der Waals surface area contributed by atoms with E-state index in [2.05, 4.69) is 0 Å². The molecule has 0 unspecified atom stereocenters. The van der Waals surface area contributed by atoms with E-state index in [-0.39, 0.29) is 11.8 Å². The minimum absolute atomic E-state index is 0.219. The van der Waals surface area contributed by atoms with Crippen molar-refractivity contribution in [3.05, 3.63) is 47.0 Å². The van der Waals surface area contributed by atoms with Gasteiger partial charge in [0, 0.05) is 17.7 Å². The molecule has 0 radical (unpaired) electrons. The number of amides is 2. The number of hydrogen-bond donors (Lipinski definition) is 0. The number of rotatable bonds is 7. The molecule has 0 aliphatic carbocycles. The highest BCUT2D eigenvalue weighted by Gasteiger charge is 2.35. The average Bonchev–Trinajstić information content (AvgIpc) is 2.76. The van der Waals surface area contributed by atoms with Crippen LogP contribution in [0.5, 0.6) is 0 Å². The average molecular weight is 345 g/mol. The molecule has 2 amide bonds. The first-order valence-corrected chi connectivity index (χ1v) is 8.51. The largest absolute Gasteiger partial charge is 0.275 e. The van der Waals surface area contributed by atoms with Crippen LogP contribution in [0.2, 0.25) is 0 Å². The fourth-order valence-corrected chi connectivity index (χ4v) is 2.55. The van der Waals surface area contributed by atoms with Gasteiger partial charge in [-0.1, -0.05) is 30.3 Å². The Morgan fingerprint density at radius 2 is 1.40 bits per heavy atom. The lowest BCUT2D eigenvalue weighted by Gasteiger charge is -2.31. The number of benzene rings is 1. The second-order valence-electron chi connectivity index (χ2n) is 7.56. The monoisotopic (exact) mass is 345 g/mol. The molecule has 1 aromatic rings. The highest BCUT2D eigenvalue weighted by atomic mass is 17.2. The Hall–Kier alpha value is -1.98. The predicted molar refractivity (Wildman–Crippen MR) is 95.4 cm³/mol. The van der Waals surface area contributed by atoms with Gasteiger partial charge < -0.3 is 0 Å². The van der Waals surface area contributed by atoms with Crippen molar-refractivity contribution in [1.82, 2.24) is 4.90 Å². The molecule has 1 heterocycles. The Morgan fingerprint density at radius 1 is 0.880 bits per heavy atom. The van der Waals surface area contributed by atoms with Crippen molar-refractivity contribution in [3.8, 4) is 0 Å². The van der Waals surface area contributed by atoms with Crippen molar-refractivity contribution < 1.29 is 19.4 Å². The van der Waals surface area contributed by atoms with Crippen molar-refractivity contribution in [2.24, 2.45) is 0 Å². The molecule has 0 aromatic heterocycles. The first-order valence-electron chi connectivity index (χ1n) is 8.51. The molecule has 2 rings (SSSR count). The van der Waals surface area contributed by atoms with Crippen molar-refractivity contribution in [3.63, 3.8) is 0 Å². The van der Waals surface area contributed by atoms with Gasteiger partial charge in [-0.3, -0.25) is 14.5 Å². The zero-order chi connectivity index (χ0) is 18.8. The molecule has 0 saturated heterocycles. The molecule has 0 N–H and O–H groups in total. The zero-order valence-electron chi connectivity index (χ0n) is 15.9. The lowest BCUT2D eigenvalue weighted by molar-refractivity contribution is -0.406. The maximum Gasteiger partial charge on any atom is 0.256 e. The number of imide groups is 1. The Kier molecular flexibility index (Phi) is 5.49. The van der Waals surface area contributed by atoms with Gasteiger partial charge in [0.05, 0.1) is 5.60 Å². The lowest BCUT2D eigenvalue weighted by Crippen LogP contribution is -2.38. The van der Waals surface area contributed by atoms with Gasteiger partial charge in [0.2, 0.25) is 0 Å². The molecule has 0 atom stereocenters. The Morgan fingerprint density at radius 3 is 1.92 bits per heavy atom. The van der Waals surface area contributed by atoms with E-state index in [9.17, 15) is 9.59 Å². The third kappa shape index (κ3) is 4.35. The van der Waals surface area contributed by atoms with E-state index in [4.69, 9.17) is 9.78 Å². The molecular weight excluding hydrogens is 318 g/mol. The predicted octanol–water partition coefficient (Wildman–Crippen LogP) is 3.74. The van der Waals surface area contributed by atoms with E-state index >= 15 is 0 Å². The van der Waals surface area contributed by atoms with E-state index in [1.54, 1.807) is 13.8 Å². The van der Waals surface area contributed by atoms with Gasteiger partial charge in [-0.15, -0.1) is 0 Å².